The summed E-state index contributed by atoms with van der Waals surface area (Å²) < 4.78 is 32.7. The van der Waals surface area contributed by atoms with Crippen LogP contribution in [0.5, 0.6) is 0 Å². The lowest BCUT2D eigenvalue weighted by atomic mass is 10.1. The van der Waals surface area contributed by atoms with Gasteiger partial charge in [0.15, 0.2) is 0 Å². The van der Waals surface area contributed by atoms with Gasteiger partial charge in [-0.1, -0.05) is 30.3 Å². The average Bonchev–Trinajstić information content (AvgIpc) is 2.99. The van der Waals surface area contributed by atoms with Crippen LogP contribution in [0.3, 0.4) is 0 Å². The van der Waals surface area contributed by atoms with E-state index in [0.29, 0.717) is 6.42 Å². The average molecular weight is 315 g/mol. The zero-order valence-electron chi connectivity index (χ0n) is 12.2. The molecule has 22 heavy (non-hydrogen) atoms. The van der Waals surface area contributed by atoms with Gasteiger partial charge in [-0.05, 0) is 47.9 Å². The van der Waals surface area contributed by atoms with E-state index in [9.17, 15) is 8.42 Å². The molecule has 0 saturated carbocycles. The molecule has 2 aromatic carbocycles. The molecule has 4 nitrogen and oxygen atoms in total. The smallest absolute Gasteiger partial charge is 0.240 e. The van der Waals surface area contributed by atoms with Gasteiger partial charge in [0.25, 0.3) is 0 Å². The first-order valence-electron chi connectivity index (χ1n) is 7.07. The molecule has 1 N–H and O–H groups in total. The largest absolute Gasteiger partial charge is 0.472 e. The molecule has 0 bridgehead atoms. The minimum atomic E-state index is -3.53. The van der Waals surface area contributed by atoms with E-state index < -0.39 is 10.0 Å². The molecule has 0 fully saturated rings. The highest BCUT2D eigenvalue weighted by Gasteiger charge is 2.18. The van der Waals surface area contributed by atoms with Crippen LogP contribution in [0.25, 0.3) is 10.8 Å². The molecule has 0 aliphatic carbocycles. The predicted molar refractivity (Wildman–Crippen MR) is 86.1 cm³/mol. The molecule has 0 spiro atoms. The second kappa shape index (κ2) is 5.94. The Morgan fingerprint density at radius 1 is 1.09 bits per heavy atom. The molecule has 0 aliphatic heterocycles. The Bertz CT molecular complexity index is 870. The second-order valence-corrected chi connectivity index (χ2v) is 7.08. The maximum Gasteiger partial charge on any atom is 0.240 e. The molecule has 5 heteroatoms. The van der Waals surface area contributed by atoms with Gasteiger partial charge >= 0.3 is 0 Å². The van der Waals surface area contributed by atoms with Gasteiger partial charge in [0, 0.05) is 6.04 Å². The number of fused-ring (bicyclic) bond motifs is 1. The van der Waals surface area contributed by atoms with Gasteiger partial charge in [0.1, 0.15) is 0 Å². The highest BCUT2D eigenvalue weighted by Crippen LogP contribution is 2.19. The Hall–Kier alpha value is -2.11. The molecule has 3 aromatic rings. The standard InChI is InChI=1S/C17H17NO3S/c1-13(10-14-8-9-21-12-14)18-22(19,20)17-7-6-15-4-2-3-5-16(15)11-17/h2-9,11-13,18H,10H2,1H3. The predicted octanol–water partition coefficient (Wildman–Crippen LogP) is 3.34. The Kier molecular flexibility index (Phi) is 4.00. The van der Waals surface area contributed by atoms with Gasteiger partial charge in [-0.3, -0.25) is 0 Å². The fraction of sp³-hybridized carbons (Fsp3) is 0.176. The summed E-state index contributed by atoms with van der Waals surface area (Å²) in [5.41, 5.74) is 0.966. The van der Waals surface area contributed by atoms with Crippen molar-refractivity contribution in [3.05, 3.63) is 66.6 Å². The Morgan fingerprint density at radius 3 is 2.59 bits per heavy atom. The fourth-order valence-corrected chi connectivity index (χ4v) is 3.75. The minimum Gasteiger partial charge on any atom is -0.472 e. The van der Waals surface area contributed by atoms with E-state index in [1.165, 1.54) is 0 Å². The molecule has 1 unspecified atom stereocenters. The van der Waals surface area contributed by atoms with E-state index in [1.54, 1.807) is 24.7 Å². The quantitative estimate of drug-likeness (QED) is 0.785. The molecule has 0 amide bonds. The van der Waals surface area contributed by atoms with Crippen molar-refractivity contribution in [3.8, 4) is 0 Å². The van der Waals surface area contributed by atoms with Gasteiger partial charge < -0.3 is 4.42 Å². The number of rotatable bonds is 5. The lowest BCUT2D eigenvalue weighted by Gasteiger charge is -2.13. The number of sulfonamides is 1. The van der Waals surface area contributed by atoms with E-state index in [4.69, 9.17) is 4.42 Å². The molecule has 3 rings (SSSR count). The minimum absolute atomic E-state index is 0.214. The van der Waals surface area contributed by atoms with Crippen molar-refractivity contribution < 1.29 is 12.8 Å². The van der Waals surface area contributed by atoms with Crippen LogP contribution in [-0.2, 0) is 16.4 Å². The van der Waals surface area contributed by atoms with Crippen LogP contribution in [0.2, 0.25) is 0 Å². The van der Waals surface area contributed by atoms with Crippen molar-refractivity contribution in [2.24, 2.45) is 0 Å². The van der Waals surface area contributed by atoms with Crippen molar-refractivity contribution >= 4 is 20.8 Å². The second-order valence-electron chi connectivity index (χ2n) is 5.37. The van der Waals surface area contributed by atoms with Gasteiger partial charge in [0.05, 0.1) is 17.4 Å². The molecule has 0 radical (unpaired) electrons. The first kappa shape index (κ1) is 14.8. The summed E-state index contributed by atoms with van der Waals surface area (Å²) in [4.78, 5) is 0.283. The van der Waals surface area contributed by atoms with E-state index in [1.807, 2.05) is 43.3 Å². The van der Waals surface area contributed by atoms with E-state index in [0.717, 1.165) is 16.3 Å². The van der Waals surface area contributed by atoms with Crippen LogP contribution in [0.15, 0.2) is 70.4 Å². The zero-order valence-corrected chi connectivity index (χ0v) is 13.0. The van der Waals surface area contributed by atoms with Crippen molar-refractivity contribution in [2.45, 2.75) is 24.3 Å². The fourth-order valence-electron chi connectivity index (χ4n) is 2.47. The SMILES string of the molecule is CC(Cc1ccoc1)NS(=O)(=O)c1ccc2ccccc2c1. The Balaban J connectivity index is 1.81. The number of hydrogen-bond acceptors (Lipinski definition) is 3. The first-order chi connectivity index (χ1) is 10.5. The van der Waals surface area contributed by atoms with E-state index in [-0.39, 0.29) is 10.9 Å². The molecular weight excluding hydrogens is 298 g/mol. The van der Waals surface area contributed by atoms with E-state index >= 15 is 0 Å². The molecule has 0 saturated heterocycles. The van der Waals surface area contributed by atoms with Crippen LogP contribution >= 0.6 is 0 Å². The molecule has 1 aromatic heterocycles. The van der Waals surface area contributed by atoms with Gasteiger partial charge in [-0.2, -0.15) is 0 Å². The molecule has 0 aliphatic rings. The summed E-state index contributed by atoms with van der Waals surface area (Å²) in [7, 11) is -3.53. The summed E-state index contributed by atoms with van der Waals surface area (Å²) in [5, 5.41) is 1.93. The maximum atomic E-state index is 12.5. The summed E-state index contributed by atoms with van der Waals surface area (Å²) >= 11 is 0. The summed E-state index contributed by atoms with van der Waals surface area (Å²) in [6.45, 7) is 1.84. The molecule has 1 heterocycles. The van der Waals surface area contributed by atoms with Gasteiger partial charge in [-0.25, -0.2) is 13.1 Å². The third-order valence-electron chi connectivity index (χ3n) is 3.51. The third-order valence-corrected chi connectivity index (χ3v) is 5.10. The third kappa shape index (κ3) is 3.21. The van der Waals surface area contributed by atoms with Gasteiger partial charge in [-0.15, -0.1) is 0 Å². The summed E-state index contributed by atoms with van der Waals surface area (Å²) in [6.07, 6.45) is 3.80. The molecule has 1 atom stereocenters. The Labute approximate surface area is 129 Å². The van der Waals surface area contributed by atoms with Crippen molar-refractivity contribution in [2.75, 3.05) is 0 Å². The van der Waals surface area contributed by atoms with E-state index in [2.05, 4.69) is 4.72 Å². The summed E-state index contributed by atoms with van der Waals surface area (Å²) in [6, 6.07) is 14.5. The number of nitrogens with one attached hydrogen (secondary N) is 1. The van der Waals surface area contributed by atoms with Crippen LogP contribution in [0, 0.1) is 0 Å². The van der Waals surface area contributed by atoms with Crippen molar-refractivity contribution in [1.29, 1.82) is 0 Å². The first-order valence-corrected chi connectivity index (χ1v) is 8.55. The highest BCUT2D eigenvalue weighted by atomic mass is 32.2. The zero-order chi connectivity index (χ0) is 15.6. The normalized spacial score (nSPS) is 13.3. The number of benzene rings is 2. The molecule has 114 valence electrons. The van der Waals surface area contributed by atoms with Crippen LogP contribution in [-0.4, -0.2) is 14.5 Å². The summed E-state index contributed by atoms with van der Waals surface area (Å²) in [5.74, 6) is 0. The Morgan fingerprint density at radius 2 is 1.86 bits per heavy atom. The lowest BCUT2D eigenvalue weighted by molar-refractivity contribution is 0.549. The highest BCUT2D eigenvalue weighted by molar-refractivity contribution is 7.89. The maximum absolute atomic E-state index is 12.5. The van der Waals surface area contributed by atoms with Crippen molar-refractivity contribution in [3.63, 3.8) is 0 Å². The van der Waals surface area contributed by atoms with Crippen LogP contribution < -0.4 is 4.72 Å². The van der Waals surface area contributed by atoms with Crippen LogP contribution in [0.4, 0.5) is 0 Å². The lowest BCUT2D eigenvalue weighted by Crippen LogP contribution is -2.34. The topological polar surface area (TPSA) is 59.3 Å². The van der Waals surface area contributed by atoms with Gasteiger partial charge in [0.2, 0.25) is 10.0 Å². The number of hydrogen-bond donors (Lipinski definition) is 1. The van der Waals surface area contributed by atoms with Crippen LogP contribution in [0.1, 0.15) is 12.5 Å². The monoisotopic (exact) mass is 315 g/mol. The number of furan rings is 1. The molecular formula is C17H17NO3S. The van der Waals surface area contributed by atoms with Crippen molar-refractivity contribution in [1.82, 2.24) is 4.72 Å².